The van der Waals surface area contributed by atoms with Gasteiger partial charge in [0.2, 0.25) is 0 Å². The van der Waals surface area contributed by atoms with Gasteiger partial charge in [-0.05, 0) is 37.0 Å². The van der Waals surface area contributed by atoms with Gasteiger partial charge >= 0.3 is 0 Å². The average molecular weight is 265 g/mol. The molecule has 78 valence electrons. The number of aryl methyl sites for hydroxylation is 1. The summed E-state index contributed by atoms with van der Waals surface area (Å²) in [4.78, 5) is 0. The van der Waals surface area contributed by atoms with Crippen molar-refractivity contribution in [2.75, 3.05) is 0 Å². The summed E-state index contributed by atoms with van der Waals surface area (Å²) in [5, 5.41) is 12.4. The molecule has 0 aromatic heterocycles. The van der Waals surface area contributed by atoms with E-state index in [0.717, 1.165) is 10.0 Å². The number of rotatable bonds is 3. The van der Waals surface area contributed by atoms with Gasteiger partial charge in [0, 0.05) is 10.5 Å². The summed E-state index contributed by atoms with van der Waals surface area (Å²) in [6, 6.07) is 8.77. The van der Waals surface area contributed by atoms with Crippen molar-refractivity contribution in [3.63, 3.8) is 0 Å². The van der Waals surface area contributed by atoms with Crippen LogP contribution in [-0.4, -0.2) is 6.04 Å². The third-order valence-electron chi connectivity index (χ3n) is 2.62. The molecule has 1 fully saturated rings. The SMILES string of the molecule is Cc1cc(C(C#N)NC2CC2)ccc1Br. The van der Waals surface area contributed by atoms with Crippen LogP contribution in [0.4, 0.5) is 0 Å². The number of nitrogens with one attached hydrogen (secondary N) is 1. The Balaban J connectivity index is 2.18. The molecule has 0 aliphatic heterocycles. The molecule has 1 aliphatic rings. The van der Waals surface area contributed by atoms with E-state index in [-0.39, 0.29) is 6.04 Å². The van der Waals surface area contributed by atoms with Crippen LogP contribution in [0, 0.1) is 18.3 Å². The molecule has 2 nitrogen and oxygen atoms in total. The number of nitrogens with zero attached hydrogens (tertiary/aromatic N) is 1. The molecular formula is C12H13BrN2. The van der Waals surface area contributed by atoms with Gasteiger partial charge < -0.3 is 0 Å². The Morgan fingerprint density at radius 2 is 2.27 bits per heavy atom. The van der Waals surface area contributed by atoms with Gasteiger partial charge in [-0.15, -0.1) is 0 Å². The molecule has 0 spiro atoms. The summed E-state index contributed by atoms with van der Waals surface area (Å²) in [5.41, 5.74) is 2.23. The monoisotopic (exact) mass is 264 g/mol. The molecule has 15 heavy (non-hydrogen) atoms. The molecule has 3 heteroatoms. The van der Waals surface area contributed by atoms with Gasteiger partial charge in [-0.3, -0.25) is 5.32 Å². The van der Waals surface area contributed by atoms with Crippen molar-refractivity contribution < 1.29 is 0 Å². The largest absolute Gasteiger partial charge is 0.295 e. The summed E-state index contributed by atoms with van der Waals surface area (Å²) >= 11 is 3.46. The lowest BCUT2D eigenvalue weighted by atomic mass is 10.1. The number of hydrogen-bond acceptors (Lipinski definition) is 2. The van der Waals surface area contributed by atoms with E-state index in [0.29, 0.717) is 6.04 Å². The van der Waals surface area contributed by atoms with Crippen molar-refractivity contribution >= 4 is 15.9 Å². The third kappa shape index (κ3) is 2.58. The summed E-state index contributed by atoms with van der Waals surface area (Å²) in [6.07, 6.45) is 2.40. The third-order valence-corrected chi connectivity index (χ3v) is 3.51. The van der Waals surface area contributed by atoms with Crippen molar-refractivity contribution in [2.24, 2.45) is 0 Å². The fourth-order valence-electron chi connectivity index (χ4n) is 1.54. The molecule has 2 rings (SSSR count). The normalized spacial score (nSPS) is 17.1. The minimum Gasteiger partial charge on any atom is -0.295 e. The van der Waals surface area contributed by atoms with Crippen molar-refractivity contribution in [1.82, 2.24) is 5.32 Å². The Bertz CT molecular complexity index is 405. The number of hydrogen-bond donors (Lipinski definition) is 1. The number of halogens is 1. The maximum Gasteiger partial charge on any atom is 0.121 e. The van der Waals surface area contributed by atoms with Crippen LogP contribution in [0.2, 0.25) is 0 Å². The highest BCUT2D eigenvalue weighted by molar-refractivity contribution is 9.10. The predicted octanol–water partition coefficient (Wildman–Crippen LogP) is 3.07. The first-order chi connectivity index (χ1) is 7.20. The van der Waals surface area contributed by atoms with Crippen LogP contribution in [0.3, 0.4) is 0 Å². The molecule has 0 amide bonds. The second-order valence-corrected chi connectivity index (χ2v) is 4.87. The molecule has 0 bridgehead atoms. The molecular weight excluding hydrogens is 252 g/mol. The topological polar surface area (TPSA) is 35.8 Å². The summed E-state index contributed by atoms with van der Waals surface area (Å²) in [7, 11) is 0. The van der Waals surface area contributed by atoms with E-state index >= 15 is 0 Å². The van der Waals surface area contributed by atoms with E-state index in [9.17, 15) is 0 Å². The van der Waals surface area contributed by atoms with Crippen LogP contribution < -0.4 is 5.32 Å². The molecule has 1 aromatic carbocycles. The van der Waals surface area contributed by atoms with Crippen LogP contribution in [0.1, 0.15) is 30.0 Å². The summed E-state index contributed by atoms with van der Waals surface area (Å²) in [6.45, 7) is 2.04. The van der Waals surface area contributed by atoms with E-state index < -0.39 is 0 Å². The maximum atomic E-state index is 9.09. The van der Waals surface area contributed by atoms with Crippen LogP contribution >= 0.6 is 15.9 Å². The molecule has 1 aliphatic carbocycles. The zero-order valence-corrected chi connectivity index (χ0v) is 10.2. The van der Waals surface area contributed by atoms with E-state index in [2.05, 4.69) is 33.4 Å². The molecule has 0 radical (unpaired) electrons. The van der Waals surface area contributed by atoms with Crippen molar-refractivity contribution in [2.45, 2.75) is 31.8 Å². The van der Waals surface area contributed by atoms with Gasteiger partial charge in [-0.1, -0.05) is 28.1 Å². The lowest BCUT2D eigenvalue weighted by molar-refractivity contribution is 0.625. The Kier molecular flexibility index (Phi) is 3.08. The van der Waals surface area contributed by atoms with Gasteiger partial charge in [0.25, 0.3) is 0 Å². The lowest BCUT2D eigenvalue weighted by Crippen LogP contribution is -2.22. The van der Waals surface area contributed by atoms with Gasteiger partial charge in [0.05, 0.1) is 6.07 Å². The quantitative estimate of drug-likeness (QED) is 0.911. The highest BCUT2D eigenvalue weighted by Gasteiger charge is 2.25. The summed E-state index contributed by atoms with van der Waals surface area (Å²) in [5.74, 6) is 0. The Hall–Kier alpha value is -0.850. The van der Waals surface area contributed by atoms with Crippen LogP contribution in [0.15, 0.2) is 22.7 Å². The van der Waals surface area contributed by atoms with E-state index in [1.54, 1.807) is 0 Å². The van der Waals surface area contributed by atoms with Gasteiger partial charge in [0.15, 0.2) is 0 Å². The smallest absolute Gasteiger partial charge is 0.121 e. The minimum atomic E-state index is -0.163. The van der Waals surface area contributed by atoms with E-state index in [1.807, 2.05) is 19.1 Å². The molecule has 1 N–H and O–H groups in total. The molecule has 0 heterocycles. The highest BCUT2D eigenvalue weighted by atomic mass is 79.9. The zero-order valence-electron chi connectivity index (χ0n) is 8.63. The fourth-order valence-corrected chi connectivity index (χ4v) is 1.79. The zero-order chi connectivity index (χ0) is 10.8. The van der Waals surface area contributed by atoms with Crippen LogP contribution in [0.5, 0.6) is 0 Å². The molecule has 1 saturated carbocycles. The van der Waals surface area contributed by atoms with Crippen LogP contribution in [-0.2, 0) is 0 Å². The second-order valence-electron chi connectivity index (χ2n) is 4.01. The predicted molar refractivity (Wildman–Crippen MR) is 63.4 cm³/mol. The van der Waals surface area contributed by atoms with Gasteiger partial charge in [-0.25, -0.2) is 0 Å². The standard InChI is InChI=1S/C12H13BrN2/c1-8-6-9(2-5-11(8)13)12(7-14)15-10-3-4-10/h2,5-6,10,12,15H,3-4H2,1H3. The van der Waals surface area contributed by atoms with Crippen molar-refractivity contribution in [1.29, 1.82) is 5.26 Å². The molecule has 0 saturated heterocycles. The summed E-state index contributed by atoms with van der Waals surface area (Å²) < 4.78 is 1.09. The Morgan fingerprint density at radius 3 is 2.80 bits per heavy atom. The van der Waals surface area contributed by atoms with Crippen LogP contribution in [0.25, 0.3) is 0 Å². The number of benzene rings is 1. The second kappa shape index (κ2) is 4.34. The number of nitriles is 1. The highest BCUT2D eigenvalue weighted by Crippen LogP contribution is 2.26. The van der Waals surface area contributed by atoms with Crippen molar-refractivity contribution in [3.8, 4) is 6.07 Å². The van der Waals surface area contributed by atoms with Gasteiger partial charge in [0.1, 0.15) is 6.04 Å². The lowest BCUT2D eigenvalue weighted by Gasteiger charge is -2.12. The Labute approximate surface area is 98.4 Å². The van der Waals surface area contributed by atoms with E-state index in [1.165, 1.54) is 18.4 Å². The van der Waals surface area contributed by atoms with E-state index in [4.69, 9.17) is 5.26 Å². The average Bonchev–Trinajstić information content (AvgIpc) is 3.02. The maximum absolute atomic E-state index is 9.09. The molecule has 1 aromatic rings. The Morgan fingerprint density at radius 1 is 1.53 bits per heavy atom. The molecule has 1 atom stereocenters. The first-order valence-corrected chi connectivity index (χ1v) is 5.91. The molecule has 1 unspecified atom stereocenters. The first-order valence-electron chi connectivity index (χ1n) is 5.12. The minimum absolute atomic E-state index is 0.163. The van der Waals surface area contributed by atoms with Crippen molar-refractivity contribution in [3.05, 3.63) is 33.8 Å². The first kappa shape index (κ1) is 10.7. The fraction of sp³-hybridized carbons (Fsp3) is 0.417. The van der Waals surface area contributed by atoms with Gasteiger partial charge in [-0.2, -0.15) is 5.26 Å².